The van der Waals surface area contributed by atoms with Crippen LogP contribution in [0.2, 0.25) is 0 Å². The zero-order valence-corrected chi connectivity index (χ0v) is 10.3. The van der Waals surface area contributed by atoms with Crippen LogP contribution in [0, 0.1) is 11.3 Å². The number of hydrogen-bond acceptors (Lipinski definition) is 3. The number of aliphatic hydroxyl groups is 2. The third-order valence-electron chi connectivity index (χ3n) is 2.64. The van der Waals surface area contributed by atoms with E-state index in [1.807, 2.05) is 0 Å². The van der Waals surface area contributed by atoms with Crippen LogP contribution in [0.1, 0.15) is 40.0 Å². The molecule has 92 valence electrons. The average Bonchev–Trinajstić information content (AvgIpc) is 2.22. The predicted molar refractivity (Wildman–Crippen MR) is 61.8 cm³/mol. The van der Waals surface area contributed by atoms with Crippen LogP contribution in [0.5, 0.6) is 0 Å². The van der Waals surface area contributed by atoms with E-state index in [0.29, 0.717) is 12.5 Å². The molecule has 0 aromatic carbocycles. The maximum absolute atomic E-state index is 9.37. The molecular formula is C12H26O3. The van der Waals surface area contributed by atoms with Crippen molar-refractivity contribution in [3.05, 3.63) is 0 Å². The lowest BCUT2D eigenvalue weighted by Crippen LogP contribution is -2.33. The van der Waals surface area contributed by atoms with Gasteiger partial charge in [-0.25, -0.2) is 0 Å². The highest BCUT2D eigenvalue weighted by molar-refractivity contribution is 4.79. The van der Waals surface area contributed by atoms with Crippen LogP contribution in [0.4, 0.5) is 0 Å². The van der Waals surface area contributed by atoms with Gasteiger partial charge in [0.25, 0.3) is 0 Å². The lowest BCUT2D eigenvalue weighted by atomic mass is 9.79. The molecule has 0 aromatic rings. The Morgan fingerprint density at radius 3 is 2.13 bits per heavy atom. The molecular weight excluding hydrogens is 192 g/mol. The summed E-state index contributed by atoms with van der Waals surface area (Å²) >= 11 is 0. The van der Waals surface area contributed by atoms with Crippen LogP contribution in [-0.2, 0) is 4.74 Å². The maximum atomic E-state index is 9.37. The van der Waals surface area contributed by atoms with E-state index in [1.165, 1.54) is 0 Å². The molecule has 0 saturated heterocycles. The van der Waals surface area contributed by atoms with Crippen LogP contribution < -0.4 is 0 Å². The van der Waals surface area contributed by atoms with Crippen LogP contribution in [0.3, 0.4) is 0 Å². The molecule has 15 heavy (non-hydrogen) atoms. The minimum atomic E-state index is -0.359. The molecule has 0 aromatic heterocycles. The first-order chi connectivity index (χ1) is 7.10. The topological polar surface area (TPSA) is 49.7 Å². The largest absolute Gasteiger partial charge is 0.396 e. The van der Waals surface area contributed by atoms with Gasteiger partial charge in [-0.15, -0.1) is 0 Å². The van der Waals surface area contributed by atoms with E-state index in [4.69, 9.17) is 4.74 Å². The second kappa shape index (κ2) is 8.08. The van der Waals surface area contributed by atoms with E-state index in [-0.39, 0.29) is 18.6 Å². The highest BCUT2D eigenvalue weighted by Crippen LogP contribution is 2.29. The Labute approximate surface area is 93.5 Å². The Kier molecular flexibility index (Phi) is 8.02. The van der Waals surface area contributed by atoms with Gasteiger partial charge < -0.3 is 14.9 Å². The highest BCUT2D eigenvalue weighted by Gasteiger charge is 2.29. The SMILES string of the molecule is CCCOCCC(CO)(CO)CC(C)C. The van der Waals surface area contributed by atoms with Crippen molar-refractivity contribution in [2.24, 2.45) is 11.3 Å². The molecule has 0 atom stereocenters. The van der Waals surface area contributed by atoms with E-state index in [9.17, 15) is 10.2 Å². The number of rotatable bonds is 9. The molecule has 0 saturated carbocycles. The van der Waals surface area contributed by atoms with Crippen LogP contribution in [0.15, 0.2) is 0 Å². The second-order valence-electron chi connectivity index (χ2n) is 4.78. The van der Waals surface area contributed by atoms with Gasteiger partial charge in [0.15, 0.2) is 0 Å². The molecule has 0 radical (unpaired) electrons. The van der Waals surface area contributed by atoms with Crippen molar-refractivity contribution in [2.45, 2.75) is 40.0 Å². The van der Waals surface area contributed by atoms with E-state index < -0.39 is 0 Å². The Hall–Kier alpha value is -0.120. The fourth-order valence-corrected chi connectivity index (χ4v) is 1.84. The third-order valence-corrected chi connectivity index (χ3v) is 2.64. The van der Waals surface area contributed by atoms with Crippen molar-refractivity contribution in [1.29, 1.82) is 0 Å². The van der Waals surface area contributed by atoms with Crippen molar-refractivity contribution in [3.63, 3.8) is 0 Å². The first kappa shape index (κ1) is 14.9. The Balaban J connectivity index is 4.00. The van der Waals surface area contributed by atoms with Crippen molar-refractivity contribution < 1.29 is 14.9 Å². The molecule has 2 N–H and O–H groups in total. The number of aliphatic hydroxyl groups excluding tert-OH is 2. The highest BCUT2D eigenvalue weighted by atomic mass is 16.5. The normalized spacial score (nSPS) is 12.4. The van der Waals surface area contributed by atoms with E-state index in [2.05, 4.69) is 20.8 Å². The summed E-state index contributed by atoms with van der Waals surface area (Å²) in [5.74, 6) is 0.482. The van der Waals surface area contributed by atoms with Gasteiger partial charge in [0.1, 0.15) is 0 Å². The summed E-state index contributed by atoms with van der Waals surface area (Å²) in [4.78, 5) is 0. The molecule has 0 aliphatic carbocycles. The van der Waals surface area contributed by atoms with Gasteiger partial charge in [0.2, 0.25) is 0 Å². The summed E-state index contributed by atoms with van der Waals surface area (Å²) in [6.07, 6.45) is 2.59. The summed E-state index contributed by atoms with van der Waals surface area (Å²) < 4.78 is 5.40. The van der Waals surface area contributed by atoms with Gasteiger partial charge in [-0.05, 0) is 25.2 Å². The first-order valence-corrected chi connectivity index (χ1v) is 5.89. The van der Waals surface area contributed by atoms with Crippen molar-refractivity contribution in [1.82, 2.24) is 0 Å². The summed E-state index contributed by atoms with van der Waals surface area (Å²) in [7, 11) is 0. The second-order valence-corrected chi connectivity index (χ2v) is 4.78. The quantitative estimate of drug-likeness (QED) is 0.580. The van der Waals surface area contributed by atoms with E-state index >= 15 is 0 Å². The molecule has 0 rings (SSSR count). The fraction of sp³-hybridized carbons (Fsp3) is 1.00. The molecule has 3 heteroatoms. The summed E-state index contributed by atoms with van der Waals surface area (Å²) in [6.45, 7) is 7.74. The maximum Gasteiger partial charge on any atom is 0.0510 e. The van der Waals surface area contributed by atoms with Gasteiger partial charge >= 0.3 is 0 Å². The first-order valence-electron chi connectivity index (χ1n) is 5.89. The number of hydrogen-bond donors (Lipinski definition) is 2. The third kappa shape index (κ3) is 6.13. The predicted octanol–water partition coefficient (Wildman–Crippen LogP) is 1.82. The van der Waals surface area contributed by atoms with Gasteiger partial charge in [0, 0.05) is 18.6 Å². The Bertz CT molecular complexity index is 142. The molecule has 0 spiro atoms. The van der Waals surface area contributed by atoms with Gasteiger partial charge in [-0.1, -0.05) is 20.8 Å². The van der Waals surface area contributed by atoms with Crippen molar-refractivity contribution in [2.75, 3.05) is 26.4 Å². The van der Waals surface area contributed by atoms with E-state index in [0.717, 1.165) is 25.9 Å². The minimum absolute atomic E-state index is 0.0389. The molecule has 0 fully saturated rings. The standard InChI is InChI=1S/C12H26O3/c1-4-6-15-7-5-12(9-13,10-14)8-11(2)3/h11,13-14H,4-10H2,1-3H3. The summed E-state index contributed by atoms with van der Waals surface area (Å²) in [5, 5.41) is 18.7. The molecule has 0 aliphatic heterocycles. The van der Waals surface area contributed by atoms with Crippen LogP contribution in [0.25, 0.3) is 0 Å². The molecule has 0 unspecified atom stereocenters. The lowest BCUT2D eigenvalue weighted by molar-refractivity contribution is 0.00239. The Morgan fingerprint density at radius 2 is 1.73 bits per heavy atom. The molecule has 0 amide bonds. The lowest BCUT2D eigenvalue weighted by Gasteiger charge is -2.31. The van der Waals surface area contributed by atoms with Gasteiger partial charge in [-0.3, -0.25) is 0 Å². The average molecular weight is 218 g/mol. The van der Waals surface area contributed by atoms with Crippen LogP contribution in [-0.4, -0.2) is 36.6 Å². The minimum Gasteiger partial charge on any atom is -0.396 e. The number of ether oxygens (including phenoxy) is 1. The van der Waals surface area contributed by atoms with Gasteiger partial charge in [-0.2, -0.15) is 0 Å². The molecule has 3 nitrogen and oxygen atoms in total. The monoisotopic (exact) mass is 218 g/mol. The van der Waals surface area contributed by atoms with Crippen LogP contribution >= 0.6 is 0 Å². The zero-order chi connectivity index (χ0) is 11.7. The smallest absolute Gasteiger partial charge is 0.0510 e. The van der Waals surface area contributed by atoms with Crippen molar-refractivity contribution in [3.8, 4) is 0 Å². The van der Waals surface area contributed by atoms with Crippen molar-refractivity contribution >= 4 is 0 Å². The van der Waals surface area contributed by atoms with Gasteiger partial charge in [0.05, 0.1) is 13.2 Å². The summed E-state index contributed by atoms with van der Waals surface area (Å²) in [6, 6.07) is 0. The Morgan fingerprint density at radius 1 is 1.13 bits per heavy atom. The fourth-order valence-electron chi connectivity index (χ4n) is 1.84. The summed E-state index contributed by atoms with van der Waals surface area (Å²) in [5.41, 5.74) is -0.359. The molecule has 0 heterocycles. The van der Waals surface area contributed by atoms with E-state index in [1.54, 1.807) is 0 Å². The molecule has 0 bridgehead atoms. The molecule has 0 aliphatic rings. The zero-order valence-electron chi connectivity index (χ0n) is 10.3.